The van der Waals surface area contributed by atoms with Crippen molar-refractivity contribution >= 4 is 29.1 Å². The van der Waals surface area contributed by atoms with Crippen LogP contribution in [0, 0.1) is 0 Å². The van der Waals surface area contributed by atoms with E-state index in [2.05, 4.69) is 10.3 Å². The number of carbonyl (C=O) groups excluding carboxylic acids is 2. The largest absolute Gasteiger partial charge is 0.446 e. The number of halogens is 3. The van der Waals surface area contributed by atoms with Crippen molar-refractivity contribution in [2.24, 2.45) is 0 Å². The van der Waals surface area contributed by atoms with E-state index in [4.69, 9.17) is 4.74 Å². The molecule has 3 rings (SSSR count). The SMILES string of the molecule is CCC(=O)c1ncc(-c2cccc(SC(F)(F)F)c2)cc1NC(=O)CN1CCOCC1. The van der Waals surface area contributed by atoms with Crippen LogP contribution >= 0.6 is 11.8 Å². The van der Waals surface area contributed by atoms with Crippen molar-refractivity contribution in [2.75, 3.05) is 38.2 Å². The molecule has 1 aromatic heterocycles. The summed E-state index contributed by atoms with van der Waals surface area (Å²) in [4.78, 5) is 31.0. The molecule has 10 heteroatoms. The number of hydrogen-bond donors (Lipinski definition) is 1. The number of aromatic nitrogens is 1. The monoisotopic (exact) mass is 453 g/mol. The van der Waals surface area contributed by atoms with Gasteiger partial charge in [-0.05, 0) is 35.5 Å². The van der Waals surface area contributed by atoms with Crippen molar-refractivity contribution < 1.29 is 27.5 Å². The summed E-state index contributed by atoms with van der Waals surface area (Å²) >= 11 is -0.204. The second-order valence-corrected chi connectivity index (χ2v) is 8.05. The van der Waals surface area contributed by atoms with Crippen LogP contribution in [-0.2, 0) is 9.53 Å². The van der Waals surface area contributed by atoms with Gasteiger partial charge in [-0.2, -0.15) is 13.2 Å². The van der Waals surface area contributed by atoms with Gasteiger partial charge in [0, 0.05) is 36.2 Å². The Morgan fingerprint density at radius 2 is 1.94 bits per heavy atom. The quantitative estimate of drug-likeness (QED) is 0.500. The summed E-state index contributed by atoms with van der Waals surface area (Å²) < 4.78 is 43.4. The number of thioether (sulfide) groups is 1. The van der Waals surface area contributed by atoms with E-state index in [1.165, 1.54) is 24.4 Å². The van der Waals surface area contributed by atoms with E-state index in [1.807, 2.05) is 4.90 Å². The predicted molar refractivity (Wildman–Crippen MR) is 112 cm³/mol. The minimum Gasteiger partial charge on any atom is -0.379 e. The maximum atomic E-state index is 12.7. The molecule has 1 fully saturated rings. The summed E-state index contributed by atoms with van der Waals surface area (Å²) in [7, 11) is 0. The van der Waals surface area contributed by atoms with Gasteiger partial charge >= 0.3 is 5.51 Å². The van der Waals surface area contributed by atoms with Crippen LogP contribution in [0.25, 0.3) is 11.1 Å². The van der Waals surface area contributed by atoms with Gasteiger partial charge in [0.1, 0.15) is 5.69 Å². The first kappa shape index (κ1) is 23.2. The lowest BCUT2D eigenvalue weighted by Gasteiger charge is -2.25. The van der Waals surface area contributed by atoms with Gasteiger partial charge in [-0.15, -0.1) is 0 Å². The van der Waals surface area contributed by atoms with Crippen LogP contribution in [0.5, 0.6) is 0 Å². The molecule has 0 spiro atoms. The summed E-state index contributed by atoms with van der Waals surface area (Å²) in [6.07, 6.45) is 1.63. The molecule has 1 aliphatic rings. The molecule has 0 radical (unpaired) electrons. The zero-order chi connectivity index (χ0) is 22.4. The minimum absolute atomic E-state index is 0.0385. The third-order valence-electron chi connectivity index (χ3n) is 4.62. The molecule has 1 saturated heterocycles. The van der Waals surface area contributed by atoms with Gasteiger partial charge in [-0.3, -0.25) is 19.5 Å². The number of Topliss-reactive ketones (excluding diaryl/α,β-unsaturated/α-hetero) is 1. The van der Waals surface area contributed by atoms with Crippen molar-refractivity contribution in [1.29, 1.82) is 0 Å². The topological polar surface area (TPSA) is 71.5 Å². The number of carbonyl (C=O) groups is 2. The number of morpholine rings is 1. The van der Waals surface area contributed by atoms with Crippen LogP contribution in [0.3, 0.4) is 0 Å². The van der Waals surface area contributed by atoms with Gasteiger partial charge in [0.2, 0.25) is 5.91 Å². The first-order chi connectivity index (χ1) is 14.7. The summed E-state index contributed by atoms with van der Waals surface area (Å²) in [5.74, 6) is -0.540. The number of rotatable bonds is 7. The van der Waals surface area contributed by atoms with Gasteiger partial charge in [0.05, 0.1) is 25.4 Å². The second kappa shape index (κ2) is 10.3. The molecule has 0 atom stereocenters. The lowest BCUT2D eigenvalue weighted by atomic mass is 10.0. The van der Waals surface area contributed by atoms with E-state index in [1.54, 1.807) is 19.1 Å². The van der Waals surface area contributed by atoms with Crippen LogP contribution < -0.4 is 5.32 Å². The number of nitrogens with one attached hydrogen (secondary N) is 1. The molecule has 1 N–H and O–H groups in total. The van der Waals surface area contributed by atoms with Gasteiger partial charge in [0.15, 0.2) is 5.78 Å². The molecular formula is C21H22F3N3O3S. The summed E-state index contributed by atoms with van der Waals surface area (Å²) in [6, 6.07) is 7.51. The first-order valence-electron chi connectivity index (χ1n) is 9.74. The zero-order valence-electron chi connectivity index (χ0n) is 16.9. The molecule has 0 bridgehead atoms. The first-order valence-corrected chi connectivity index (χ1v) is 10.6. The highest BCUT2D eigenvalue weighted by molar-refractivity contribution is 8.00. The van der Waals surface area contributed by atoms with E-state index < -0.39 is 5.51 Å². The molecule has 2 aromatic rings. The van der Waals surface area contributed by atoms with Crippen molar-refractivity contribution in [3.05, 3.63) is 42.2 Å². The molecule has 1 aliphatic heterocycles. The highest BCUT2D eigenvalue weighted by Crippen LogP contribution is 2.38. The van der Waals surface area contributed by atoms with Gasteiger partial charge in [-0.1, -0.05) is 19.1 Å². The lowest BCUT2D eigenvalue weighted by molar-refractivity contribution is -0.118. The minimum atomic E-state index is -4.40. The Balaban J connectivity index is 1.85. The number of ether oxygens (including phenoxy) is 1. The Morgan fingerprint density at radius 1 is 1.19 bits per heavy atom. The van der Waals surface area contributed by atoms with Gasteiger partial charge < -0.3 is 10.1 Å². The number of alkyl halides is 3. The zero-order valence-corrected chi connectivity index (χ0v) is 17.7. The van der Waals surface area contributed by atoms with Crippen molar-refractivity contribution in [3.63, 3.8) is 0 Å². The van der Waals surface area contributed by atoms with Crippen molar-refractivity contribution in [3.8, 4) is 11.1 Å². The maximum Gasteiger partial charge on any atom is 0.446 e. The van der Waals surface area contributed by atoms with Crippen LogP contribution in [0.4, 0.5) is 18.9 Å². The van der Waals surface area contributed by atoms with Gasteiger partial charge in [0.25, 0.3) is 0 Å². The molecule has 166 valence electrons. The molecule has 1 aromatic carbocycles. The fourth-order valence-corrected chi connectivity index (χ4v) is 3.73. The van der Waals surface area contributed by atoms with E-state index >= 15 is 0 Å². The molecule has 0 aliphatic carbocycles. The summed E-state index contributed by atoms with van der Waals surface area (Å²) in [6.45, 7) is 4.21. The summed E-state index contributed by atoms with van der Waals surface area (Å²) in [5, 5.41) is 2.75. The van der Waals surface area contributed by atoms with E-state index in [0.717, 1.165) is 0 Å². The Kier molecular flexibility index (Phi) is 7.69. The summed E-state index contributed by atoms with van der Waals surface area (Å²) in [5.41, 5.74) is -3.02. The van der Waals surface area contributed by atoms with Crippen LogP contribution in [0.2, 0.25) is 0 Å². The molecule has 31 heavy (non-hydrogen) atoms. The molecular weight excluding hydrogens is 431 g/mol. The van der Waals surface area contributed by atoms with E-state index in [9.17, 15) is 22.8 Å². The van der Waals surface area contributed by atoms with E-state index in [0.29, 0.717) is 37.4 Å². The number of ketones is 1. The average Bonchev–Trinajstić information content (AvgIpc) is 2.73. The fraction of sp³-hybridized carbons (Fsp3) is 0.381. The average molecular weight is 453 g/mol. The van der Waals surface area contributed by atoms with Crippen molar-refractivity contribution in [1.82, 2.24) is 9.88 Å². The smallest absolute Gasteiger partial charge is 0.379 e. The Bertz CT molecular complexity index is 947. The van der Waals surface area contributed by atoms with Gasteiger partial charge in [-0.25, -0.2) is 0 Å². The van der Waals surface area contributed by atoms with Crippen molar-refractivity contribution in [2.45, 2.75) is 23.7 Å². The standard InChI is InChI=1S/C21H22F3N3O3S/c1-2-18(28)20-17(26-19(29)13-27-6-8-30-9-7-27)11-15(12-25-20)14-4-3-5-16(10-14)31-21(22,23)24/h3-5,10-12H,2,6-9,13H2,1H3,(H,26,29). The molecule has 1 amide bonds. The fourth-order valence-electron chi connectivity index (χ4n) is 3.13. The Labute approximate surface area is 182 Å². The second-order valence-electron chi connectivity index (χ2n) is 6.91. The lowest BCUT2D eigenvalue weighted by Crippen LogP contribution is -2.41. The third kappa shape index (κ3) is 6.78. The molecule has 2 heterocycles. The number of nitrogens with zero attached hydrogens (tertiary/aromatic N) is 2. The maximum absolute atomic E-state index is 12.7. The molecule has 0 saturated carbocycles. The number of pyridine rings is 1. The predicted octanol–water partition coefficient (Wildman–Crippen LogP) is 4.22. The normalized spacial score (nSPS) is 15.0. The van der Waals surface area contributed by atoms with Crippen LogP contribution in [-0.4, -0.2) is 59.9 Å². The Morgan fingerprint density at radius 3 is 2.61 bits per heavy atom. The van der Waals surface area contributed by atoms with Crippen LogP contribution in [0.1, 0.15) is 23.8 Å². The molecule has 0 unspecified atom stereocenters. The number of anilines is 1. The van der Waals surface area contributed by atoms with Crippen LogP contribution in [0.15, 0.2) is 41.4 Å². The highest BCUT2D eigenvalue weighted by atomic mass is 32.2. The number of amides is 1. The Hall–Kier alpha value is -2.43. The molecule has 6 nitrogen and oxygen atoms in total. The third-order valence-corrected chi connectivity index (χ3v) is 5.34. The van der Waals surface area contributed by atoms with E-state index in [-0.39, 0.29) is 52.7 Å². The highest BCUT2D eigenvalue weighted by Gasteiger charge is 2.29. The number of hydrogen-bond acceptors (Lipinski definition) is 6. The number of benzene rings is 1.